The average molecular weight is 320 g/mol. The molecule has 0 aromatic carbocycles. The van der Waals surface area contributed by atoms with Gasteiger partial charge in [0.2, 0.25) is 5.60 Å². The molecule has 4 N–H and O–H groups in total. The zero-order valence-corrected chi connectivity index (χ0v) is 14.9. The van der Waals surface area contributed by atoms with Crippen molar-refractivity contribution in [2.75, 3.05) is 0 Å². The van der Waals surface area contributed by atoms with Crippen LogP contribution in [0.15, 0.2) is 0 Å². The Labute approximate surface area is 154 Å². The van der Waals surface area contributed by atoms with E-state index in [1.54, 1.807) is 0 Å². The molecule has 0 unspecified atom stereocenters. The summed E-state index contributed by atoms with van der Waals surface area (Å²) in [6.45, 7) is 0. The van der Waals surface area contributed by atoms with Gasteiger partial charge in [-0.25, -0.2) is 8.98 Å². The van der Waals surface area contributed by atoms with Crippen LogP contribution in [0.2, 0.25) is 0 Å². The second kappa shape index (κ2) is 9.26. The molecule has 0 aromatic rings. The molecule has 0 saturated heterocycles. The van der Waals surface area contributed by atoms with Gasteiger partial charge in [0.05, 0.1) is 12.8 Å². The van der Waals surface area contributed by atoms with E-state index >= 15 is 0 Å². The summed E-state index contributed by atoms with van der Waals surface area (Å²) in [5.41, 5.74) is -3.09. The van der Waals surface area contributed by atoms with E-state index in [1.165, 1.54) is 0 Å². The molecule has 19 heavy (non-hydrogen) atoms. The number of carboxylic acids is 3. The minimum Gasteiger partial charge on any atom is -1.00 e. The molecule has 0 aliphatic carbocycles. The van der Waals surface area contributed by atoms with Crippen LogP contribution in [0, 0.1) is 0 Å². The Balaban J connectivity index is -0.000000213. The fraction of sp³-hybridized carbons (Fsp3) is 0.500. The van der Waals surface area contributed by atoms with E-state index in [0.29, 0.717) is 0 Å². The summed E-state index contributed by atoms with van der Waals surface area (Å²) in [5.74, 6) is -5.76. The van der Waals surface area contributed by atoms with Gasteiger partial charge in [0.15, 0.2) is 0 Å². The minimum absolute atomic E-state index is 0. The fourth-order valence-electron chi connectivity index (χ4n) is 0.998. The molecule has 0 aliphatic heterocycles. The summed E-state index contributed by atoms with van der Waals surface area (Å²) in [6.07, 6.45) is -2.90. The maximum absolute atomic E-state index is 10.7. The van der Waals surface area contributed by atoms with Crippen LogP contribution in [0.5, 0.6) is 0 Å². The number of carboxylic acid groups (broad SMARTS) is 3. The Hall–Kier alpha value is 0.280. The van der Waals surface area contributed by atoms with Gasteiger partial charge in [-0.3, -0.25) is 14.1 Å². The van der Waals surface area contributed by atoms with Gasteiger partial charge in [-0.1, -0.05) is 0 Å². The van der Waals surface area contributed by atoms with Crippen LogP contribution in [0.25, 0.3) is 0 Å². The summed E-state index contributed by atoms with van der Waals surface area (Å²) in [7, 11) is -5.33. The van der Waals surface area contributed by atoms with Gasteiger partial charge < -0.3 is 18.2 Å². The normalized spacial score (nSPS) is 10.8. The number of hydrogen-bond acceptors (Lipinski definition) is 6. The van der Waals surface area contributed by atoms with E-state index in [0.717, 1.165) is 0 Å². The topological polar surface area (TPSA) is 175 Å². The third-order valence-corrected chi connectivity index (χ3v) is 2.06. The maximum atomic E-state index is 10.7. The Morgan fingerprint density at radius 1 is 1.00 bits per heavy atom. The van der Waals surface area contributed by atoms with Crippen LogP contribution >= 0.6 is 0 Å². The maximum Gasteiger partial charge on any atom is 1.00 e. The van der Waals surface area contributed by atoms with Crippen molar-refractivity contribution in [1.29, 1.82) is 0 Å². The van der Waals surface area contributed by atoms with E-state index in [-0.39, 0.29) is 62.0 Å². The van der Waals surface area contributed by atoms with Crippen molar-refractivity contribution in [2.24, 2.45) is 0 Å². The van der Waals surface area contributed by atoms with E-state index in [2.05, 4.69) is 4.18 Å². The molecule has 0 spiro atoms. The van der Waals surface area contributed by atoms with Crippen molar-refractivity contribution in [3.05, 3.63) is 0 Å². The Bertz CT molecular complexity index is 436. The first kappa shape index (κ1) is 24.3. The largest absolute Gasteiger partial charge is 1.00 e. The molecule has 102 valence electrons. The van der Waals surface area contributed by atoms with Crippen LogP contribution in [-0.2, 0) is 29.0 Å². The van der Waals surface area contributed by atoms with Gasteiger partial charge in [0.25, 0.3) is 0 Å². The van der Waals surface area contributed by atoms with E-state index in [1.807, 2.05) is 0 Å². The van der Waals surface area contributed by atoms with Crippen LogP contribution in [0.4, 0.5) is 0 Å². The predicted molar refractivity (Wildman–Crippen MR) is 49.7 cm³/mol. The molecule has 0 bridgehead atoms. The molecule has 0 aliphatic rings. The first-order valence-corrected chi connectivity index (χ1v) is 5.20. The second-order valence-electron chi connectivity index (χ2n) is 2.95. The van der Waals surface area contributed by atoms with Crippen LogP contribution in [-0.4, -0.2) is 51.8 Å². The first-order chi connectivity index (χ1) is 7.48. The summed E-state index contributed by atoms with van der Waals surface area (Å²) < 4.78 is 32.8. The minimum atomic E-state index is -5.33. The van der Waals surface area contributed by atoms with E-state index < -0.39 is 46.7 Å². The summed E-state index contributed by atoms with van der Waals surface area (Å²) in [4.78, 5) is 31.5. The van der Waals surface area contributed by atoms with Gasteiger partial charge in [-0.05, 0) is 0 Å². The SMILES string of the molecule is O=C(O)CC(CC(=O)O)(OS(=O)(=O)O)C(=O)O.[H-].[H-].[Na+].[Na+]. The molecule has 0 radical (unpaired) electrons. The average Bonchev–Trinajstić information content (AvgIpc) is 1.96. The Morgan fingerprint density at radius 2 is 1.32 bits per heavy atom. The molecule has 0 rings (SSSR count). The molecular formula is C6H10Na2O10S. The third kappa shape index (κ3) is 9.76. The van der Waals surface area contributed by atoms with Crippen LogP contribution < -0.4 is 59.1 Å². The Kier molecular flexibility index (Phi) is 11.8. The third-order valence-electron chi connectivity index (χ3n) is 1.53. The molecule has 0 fully saturated rings. The van der Waals surface area contributed by atoms with Crippen LogP contribution in [0.1, 0.15) is 15.7 Å². The molecular weight excluding hydrogens is 310 g/mol. The predicted octanol–water partition coefficient (Wildman–Crippen LogP) is -7.19. The first-order valence-electron chi connectivity index (χ1n) is 3.83. The van der Waals surface area contributed by atoms with Crippen molar-refractivity contribution >= 4 is 28.3 Å². The van der Waals surface area contributed by atoms with Gasteiger partial charge >= 0.3 is 87.4 Å². The van der Waals surface area contributed by atoms with Gasteiger partial charge in [-0.15, -0.1) is 0 Å². The van der Waals surface area contributed by atoms with Gasteiger partial charge in [0.1, 0.15) is 0 Å². The molecule has 13 heteroatoms. The molecule has 0 heterocycles. The second-order valence-corrected chi connectivity index (χ2v) is 3.97. The monoisotopic (exact) mass is 320 g/mol. The van der Waals surface area contributed by atoms with E-state index in [9.17, 15) is 22.8 Å². The zero-order valence-electron chi connectivity index (χ0n) is 12.1. The summed E-state index contributed by atoms with van der Waals surface area (Å²) in [6, 6.07) is 0. The molecule has 0 aromatic heterocycles. The van der Waals surface area contributed by atoms with Crippen molar-refractivity contribution < 1.29 is 109 Å². The van der Waals surface area contributed by atoms with Crippen molar-refractivity contribution in [1.82, 2.24) is 0 Å². The fourth-order valence-corrected chi connectivity index (χ4v) is 1.59. The van der Waals surface area contributed by atoms with Crippen molar-refractivity contribution in [2.45, 2.75) is 18.4 Å². The van der Waals surface area contributed by atoms with Crippen molar-refractivity contribution in [3.8, 4) is 0 Å². The molecule has 10 nitrogen and oxygen atoms in total. The smallest absolute Gasteiger partial charge is 1.00 e. The standard InChI is InChI=1S/C6H8O10S.2Na.2H/c7-3(8)1-6(5(11)12,2-4(9)10)16-17(13,14)15;;;;/h1-2H2,(H,7,8)(H,9,10)(H,11,12)(H,13,14,15);;;;/q;2*+1;2*-1. The number of hydrogen-bond donors (Lipinski definition) is 4. The molecule has 0 saturated carbocycles. The van der Waals surface area contributed by atoms with E-state index in [4.69, 9.17) is 19.9 Å². The zero-order chi connectivity index (χ0) is 13.9. The number of aliphatic carboxylic acids is 3. The van der Waals surface area contributed by atoms with Gasteiger partial charge in [0, 0.05) is 0 Å². The summed E-state index contributed by atoms with van der Waals surface area (Å²) in [5, 5.41) is 25.4. The summed E-state index contributed by atoms with van der Waals surface area (Å²) >= 11 is 0. The number of carbonyl (C=O) groups is 3. The molecule has 0 amide bonds. The van der Waals surface area contributed by atoms with Crippen molar-refractivity contribution in [3.63, 3.8) is 0 Å². The van der Waals surface area contributed by atoms with Gasteiger partial charge in [-0.2, -0.15) is 8.42 Å². The number of rotatable bonds is 7. The molecule has 0 atom stereocenters. The Morgan fingerprint density at radius 3 is 1.47 bits per heavy atom. The van der Waals surface area contributed by atoms with Crippen LogP contribution in [0.3, 0.4) is 0 Å². The quantitative estimate of drug-likeness (QED) is 0.260.